The van der Waals surface area contributed by atoms with E-state index in [1.165, 1.54) is 25.9 Å². The molecule has 2 rings (SSSR count). The van der Waals surface area contributed by atoms with Gasteiger partial charge in [-0.2, -0.15) is 0 Å². The predicted molar refractivity (Wildman–Crippen MR) is 57.5 cm³/mol. The molecule has 1 heteroatoms. The van der Waals surface area contributed by atoms with Crippen molar-refractivity contribution in [2.75, 3.05) is 19.6 Å². The largest absolute Gasteiger partial charge is 0.292 e. The normalized spacial score (nSPS) is 30.4. The first-order chi connectivity index (χ1) is 6.40. The lowest BCUT2D eigenvalue weighted by molar-refractivity contribution is 0.245. The average molecular weight is 179 g/mol. The highest BCUT2D eigenvalue weighted by atomic mass is 15.1. The van der Waals surface area contributed by atoms with Gasteiger partial charge in [-0.25, -0.2) is 0 Å². The summed E-state index contributed by atoms with van der Waals surface area (Å²) in [6.07, 6.45) is 2.92. The SMILES string of the molecule is CC.CC#CCN1CCC2CC2C1. The molecule has 1 aliphatic heterocycles. The van der Waals surface area contributed by atoms with Crippen LogP contribution in [-0.4, -0.2) is 24.5 Å². The lowest BCUT2D eigenvalue weighted by atomic mass is 10.1. The predicted octanol–water partition coefficient (Wildman–Crippen LogP) is 2.38. The van der Waals surface area contributed by atoms with E-state index in [2.05, 4.69) is 16.7 Å². The van der Waals surface area contributed by atoms with E-state index in [0.717, 1.165) is 18.4 Å². The number of nitrogens with zero attached hydrogens (tertiary/aromatic N) is 1. The number of rotatable bonds is 1. The smallest absolute Gasteiger partial charge is 0.0601 e. The first-order valence-electron chi connectivity index (χ1n) is 5.52. The van der Waals surface area contributed by atoms with Gasteiger partial charge in [0.05, 0.1) is 6.54 Å². The van der Waals surface area contributed by atoms with Gasteiger partial charge in [-0.15, -0.1) is 5.92 Å². The van der Waals surface area contributed by atoms with E-state index in [0.29, 0.717) is 0 Å². The number of fused-ring (bicyclic) bond motifs is 1. The summed E-state index contributed by atoms with van der Waals surface area (Å²) in [5.74, 6) is 8.23. The average Bonchev–Trinajstić information content (AvgIpc) is 2.96. The summed E-state index contributed by atoms with van der Waals surface area (Å²) in [6.45, 7) is 9.53. The Kier molecular flexibility index (Phi) is 4.32. The lowest BCUT2D eigenvalue weighted by Crippen LogP contribution is -2.31. The number of likely N-dealkylation sites (tertiary alicyclic amines) is 1. The minimum Gasteiger partial charge on any atom is -0.292 e. The zero-order valence-corrected chi connectivity index (χ0v) is 9.14. The molecular weight excluding hydrogens is 158 g/mol. The van der Waals surface area contributed by atoms with Gasteiger partial charge in [0.1, 0.15) is 0 Å². The van der Waals surface area contributed by atoms with Gasteiger partial charge >= 0.3 is 0 Å². The van der Waals surface area contributed by atoms with Gasteiger partial charge in [-0.3, -0.25) is 4.90 Å². The van der Waals surface area contributed by atoms with Crippen LogP contribution in [0.2, 0.25) is 0 Å². The molecule has 0 spiro atoms. The fraction of sp³-hybridized carbons (Fsp3) is 0.833. The zero-order valence-electron chi connectivity index (χ0n) is 9.14. The molecule has 2 fully saturated rings. The van der Waals surface area contributed by atoms with Crippen LogP contribution in [0, 0.1) is 23.7 Å². The van der Waals surface area contributed by atoms with E-state index in [-0.39, 0.29) is 0 Å². The van der Waals surface area contributed by atoms with Crippen molar-refractivity contribution in [3.63, 3.8) is 0 Å². The summed E-state index contributed by atoms with van der Waals surface area (Å²) >= 11 is 0. The van der Waals surface area contributed by atoms with Crippen molar-refractivity contribution < 1.29 is 0 Å². The van der Waals surface area contributed by atoms with Crippen molar-refractivity contribution in [2.24, 2.45) is 11.8 Å². The molecular formula is C12H21N. The van der Waals surface area contributed by atoms with E-state index >= 15 is 0 Å². The Morgan fingerprint density at radius 2 is 2.08 bits per heavy atom. The molecule has 1 saturated heterocycles. The molecule has 0 N–H and O–H groups in total. The minimum atomic E-state index is 1.000. The van der Waals surface area contributed by atoms with Crippen molar-refractivity contribution in [1.29, 1.82) is 0 Å². The Morgan fingerprint density at radius 3 is 2.69 bits per heavy atom. The van der Waals surface area contributed by atoms with Crippen molar-refractivity contribution in [3.8, 4) is 11.8 Å². The molecule has 1 heterocycles. The van der Waals surface area contributed by atoms with Crippen LogP contribution in [0.15, 0.2) is 0 Å². The van der Waals surface area contributed by atoms with E-state index in [1.54, 1.807) is 0 Å². The number of hydrogen-bond acceptors (Lipinski definition) is 1. The molecule has 0 bridgehead atoms. The maximum absolute atomic E-state index is 3.13. The molecule has 0 aromatic heterocycles. The summed E-state index contributed by atoms with van der Waals surface area (Å²) in [6, 6.07) is 0. The van der Waals surface area contributed by atoms with E-state index in [1.807, 2.05) is 20.8 Å². The van der Waals surface area contributed by atoms with Crippen LogP contribution in [-0.2, 0) is 0 Å². The summed E-state index contributed by atoms with van der Waals surface area (Å²) < 4.78 is 0. The third-order valence-corrected chi connectivity index (χ3v) is 2.86. The lowest BCUT2D eigenvalue weighted by Gasteiger charge is -2.23. The van der Waals surface area contributed by atoms with E-state index in [9.17, 15) is 0 Å². The van der Waals surface area contributed by atoms with Crippen molar-refractivity contribution in [3.05, 3.63) is 0 Å². The van der Waals surface area contributed by atoms with Crippen molar-refractivity contribution in [2.45, 2.75) is 33.6 Å². The Hall–Kier alpha value is -0.480. The van der Waals surface area contributed by atoms with E-state index in [4.69, 9.17) is 0 Å². The van der Waals surface area contributed by atoms with Gasteiger partial charge in [0.25, 0.3) is 0 Å². The molecule has 1 nitrogen and oxygen atoms in total. The molecule has 2 aliphatic rings. The Labute approximate surface area is 82.5 Å². The minimum absolute atomic E-state index is 1.000. The summed E-state index contributed by atoms with van der Waals surface area (Å²) in [7, 11) is 0. The molecule has 0 amide bonds. The second-order valence-corrected chi connectivity index (χ2v) is 3.71. The number of hydrogen-bond donors (Lipinski definition) is 0. The fourth-order valence-corrected chi connectivity index (χ4v) is 1.99. The highest BCUT2D eigenvalue weighted by Gasteiger charge is 2.40. The third kappa shape index (κ3) is 3.04. The fourth-order valence-electron chi connectivity index (χ4n) is 1.99. The van der Waals surface area contributed by atoms with Gasteiger partial charge in [0.15, 0.2) is 0 Å². The van der Waals surface area contributed by atoms with Crippen LogP contribution >= 0.6 is 0 Å². The molecule has 0 aromatic rings. The zero-order chi connectivity index (χ0) is 9.68. The quantitative estimate of drug-likeness (QED) is 0.559. The summed E-state index contributed by atoms with van der Waals surface area (Å²) in [5, 5.41) is 0. The van der Waals surface area contributed by atoms with Crippen LogP contribution in [0.4, 0.5) is 0 Å². The molecule has 13 heavy (non-hydrogen) atoms. The maximum Gasteiger partial charge on any atom is 0.0601 e. The Morgan fingerprint density at radius 1 is 1.31 bits per heavy atom. The van der Waals surface area contributed by atoms with Crippen LogP contribution in [0.25, 0.3) is 0 Å². The maximum atomic E-state index is 3.13. The molecule has 2 atom stereocenters. The molecule has 2 unspecified atom stereocenters. The molecule has 1 saturated carbocycles. The first kappa shape index (κ1) is 10.6. The second kappa shape index (κ2) is 5.29. The van der Waals surface area contributed by atoms with Crippen LogP contribution in [0.1, 0.15) is 33.6 Å². The Balaban J connectivity index is 0.000000396. The van der Waals surface area contributed by atoms with Crippen molar-refractivity contribution >= 4 is 0 Å². The number of piperidine rings is 1. The van der Waals surface area contributed by atoms with Gasteiger partial charge in [-0.1, -0.05) is 19.8 Å². The van der Waals surface area contributed by atoms with Gasteiger partial charge in [0.2, 0.25) is 0 Å². The highest BCUT2D eigenvalue weighted by Crippen LogP contribution is 2.44. The molecule has 1 aliphatic carbocycles. The molecule has 0 aromatic carbocycles. The van der Waals surface area contributed by atoms with Crippen LogP contribution < -0.4 is 0 Å². The summed E-state index contributed by atoms with van der Waals surface area (Å²) in [4.78, 5) is 2.49. The van der Waals surface area contributed by atoms with Crippen molar-refractivity contribution in [1.82, 2.24) is 4.90 Å². The van der Waals surface area contributed by atoms with Gasteiger partial charge < -0.3 is 0 Å². The van der Waals surface area contributed by atoms with E-state index < -0.39 is 0 Å². The monoisotopic (exact) mass is 179 g/mol. The van der Waals surface area contributed by atoms with Crippen LogP contribution in [0.3, 0.4) is 0 Å². The highest BCUT2D eigenvalue weighted by molar-refractivity contribution is 5.01. The van der Waals surface area contributed by atoms with Crippen LogP contribution in [0.5, 0.6) is 0 Å². The third-order valence-electron chi connectivity index (χ3n) is 2.86. The standard InChI is InChI=1S/C10H15N.C2H6/c1-2-3-5-11-6-4-9-7-10(9)8-11;1-2/h9-10H,4-8H2,1H3;1-2H3. The molecule has 0 radical (unpaired) electrons. The van der Waals surface area contributed by atoms with Gasteiger partial charge in [-0.05, 0) is 38.1 Å². The first-order valence-corrected chi connectivity index (χ1v) is 5.52. The summed E-state index contributed by atoms with van der Waals surface area (Å²) in [5.41, 5.74) is 0. The second-order valence-electron chi connectivity index (χ2n) is 3.71. The molecule has 74 valence electrons. The van der Waals surface area contributed by atoms with Gasteiger partial charge in [0, 0.05) is 6.54 Å². The Bertz CT molecular complexity index is 199. The topological polar surface area (TPSA) is 3.24 Å².